The predicted molar refractivity (Wildman–Crippen MR) is 86.8 cm³/mol. The molecule has 0 aromatic heterocycles. The first-order valence-corrected chi connectivity index (χ1v) is 7.49. The van der Waals surface area contributed by atoms with E-state index >= 15 is 0 Å². The minimum atomic E-state index is 0.201. The number of carbonyl (C=O) groups is 1. The fourth-order valence-corrected chi connectivity index (χ4v) is 2.82. The Labute approximate surface area is 129 Å². The van der Waals surface area contributed by atoms with E-state index in [2.05, 4.69) is 5.32 Å². The van der Waals surface area contributed by atoms with Crippen LogP contribution in [0.3, 0.4) is 0 Å². The SMILES string of the molecule is O=C1CCCN1c1ccccc1NCc1cccc(Cl)c1. The number of halogens is 1. The van der Waals surface area contributed by atoms with Crippen LogP contribution in [0.2, 0.25) is 5.02 Å². The van der Waals surface area contributed by atoms with Crippen LogP contribution >= 0.6 is 11.6 Å². The molecule has 21 heavy (non-hydrogen) atoms. The number of nitrogens with zero attached hydrogens (tertiary/aromatic N) is 1. The quantitative estimate of drug-likeness (QED) is 0.923. The van der Waals surface area contributed by atoms with Crippen LogP contribution in [-0.4, -0.2) is 12.5 Å². The predicted octanol–water partition coefficient (Wildman–Crippen LogP) is 4.08. The first-order chi connectivity index (χ1) is 10.2. The van der Waals surface area contributed by atoms with E-state index < -0.39 is 0 Å². The van der Waals surface area contributed by atoms with Gasteiger partial charge >= 0.3 is 0 Å². The van der Waals surface area contributed by atoms with Gasteiger partial charge in [-0.2, -0.15) is 0 Å². The summed E-state index contributed by atoms with van der Waals surface area (Å²) in [7, 11) is 0. The number of hydrogen-bond acceptors (Lipinski definition) is 2. The molecule has 1 N–H and O–H groups in total. The molecule has 0 spiro atoms. The molecule has 1 saturated heterocycles. The smallest absolute Gasteiger partial charge is 0.227 e. The average molecular weight is 301 g/mol. The molecule has 1 amide bonds. The molecule has 0 unspecified atom stereocenters. The van der Waals surface area contributed by atoms with Crippen LogP contribution in [-0.2, 0) is 11.3 Å². The Morgan fingerprint density at radius 1 is 1.14 bits per heavy atom. The van der Waals surface area contributed by atoms with E-state index in [-0.39, 0.29) is 5.91 Å². The van der Waals surface area contributed by atoms with Gasteiger partial charge in [-0.15, -0.1) is 0 Å². The van der Waals surface area contributed by atoms with Gasteiger partial charge in [-0.25, -0.2) is 0 Å². The lowest BCUT2D eigenvalue weighted by Crippen LogP contribution is -2.24. The van der Waals surface area contributed by atoms with Gasteiger partial charge in [0.2, 0.25) is 5.91 Å². The maximum Gasteiger partial charge on any atom is 0.227 e. The molecule has 0 atom stereocenters. The lowest BCUT2D eigenvalue weighted by Gasteiger charge is -2.20. The number of para-hydroxylation sites is 2. The molecule has 0 saturated carbocycles. The van der Waals surface area contributed by atoms with Crippen LogP contribution in [0, 0.1) is 0 Å². The maximum atomic E-state index is 11.9. The van der Waals surface area contributed by atoms with Gasteiger partial charge in [0.25, 0.3) is 0 Å². The zero-order chi connectivity index (χ0) is 14.7. The molecule has 108 valence electrons. The Bertz CT molecular complexity index is 657. The summed E-state index contributed by atoms with van der Waals surface area (Å²) >= 11 is 6.00. The Morgan fingerprint density at radius 2 is 2.00 bits per heavy atom. The van der Waals surface area contributed by atoms with Gasteiger partial charge in [0.1, 0.15) is 0 Å². The molecule has 0 bridgehead atoms. The standard InChI is InChI=1S/C17H17ClN2O/c18-14-6-3-5-13(11-14)12-19-15-7-1-2-8-16(15)20-10-4-9-17(20)21/h1-3,5-8,11,19H,4,9-10,12H2. The highest BCUT2D eigenvalue weighted by Crippen LogP contribution is 2.29. The van der Waals surface area contributed by atoms with Crippen molar-refractivity contribution < 1.29 is 4.79 Å². The van der Waals surface area contributed by atoms with Gasteiger partial charge in [0.15, 0.2) is 0 Å². The largest absolute Gasteiger partial charge is 0.379 e. The molecule has 1 aliphatic rings. The molecule has 1 heterocycles. The summed E-state index contributed by atoms with van der Waals surface area (Å²) in [5.74, 6) is 0.201. The van der Waals surface area contributed by atoms with Gasteiger partial charge in [-0.05, 0) is 36.2 Å². The van der Waals surface area contributed by atoms with E-state index in [9.17, 15) is 4.79 Å². The molecule has 0 radical (unpaired) electrons. The lowest BCUT2D eigenvalue weighted by atomic mass is 10.2. The van der Waals surface area contributed by atoms with Gasteiger partial charge < -0.3 is 10.2 Å². The third-order valence-corrected chi connectivity index (χ3v) is 3.88. The molecule has 2 aromatic rings. The summed E-state index contributed by atoms with van der Waals surface area (Å²) in [5, 5.41) is 4.14. The maximum absolute atomic E-state index is 11.9. The molecular formula is C17H17ClN2O. The fourth-order valence-electron chi connectivity index (χ4n) is 2.61. The number of anilines is 2. The first-order valence-electron chi connectivity index (χ1n) is 7.12. The van der Waals surface area contributed by atoms with E-state index in [1.807, 2.05) is 53.4 Å². The average Bonchev–Trinajstić information content (AvgIpc) is 2.91. The van der Waals surface area contributed by atoms with E-state index in [4.69, 9.17) is 11.6 Å². The van der Waals surface area contributed by atoms with Crippen LogP contribution in [0.15, 0.2) is 48.5 Å². The molecule has 1 fully saturated rings. The molecular weight excluding hydrogens is 284 g/mol. The van der Waals surface area contributed by atoms with E-state index in [0.29, 0.717) is 13.0 Å². The first kappa shape index (κ1) is 14.0. The molecule has 4 heteroatoms. The molecule has 0 aliphatic carbocycles. The number of carbonyl (C=O) groups excluding carboxylic acids is 1. The van der Waals surface area contributed by atoms with Crippen molar-refractivity contribution in [3.05, 3.63) is 59.1 Å². The second kappa shape index (κ2) is 6.19. The molecule has 1 aliphatic heterocycles. The van der Waals surface area contributed by atoms with Crippen LogP contribution in [0.4, 0.5) is 11.4 Å². The summed E-state index contributed by atoms with van der Waals surface area (Å²) in [6, 6.07) is 15.7. The van der Waals surface area contributed by atoms with Crippen LogP contribution in [0.1, 0.15) is 18.4 Å². The summed E-state index contributed by atoms with van der Waals surface area (Å²) in [5.41, 5.74) is 3.06. The normalized spacial score (nSPS) is 14.5. The molecule has 3 nitrogen and oxygen atoms in total. The third kappa shape index (κ3) is 3.19. The van der Waals surface area contributed by atoms with Crippen molar-refractivity contribution in [1.29, 1.82) is 0 Å². The van der Waals surface area contributed by atoms with Crippen molar-refractivity contribution >= 4 is 28.9 Å². The Morgan fingerprint density at radius 3 is 2.76 bits per heavy atom. The van der Waals surface area contributed by atoms with E-state index in [0.717, 1.165) is 34.9 Å². The molecule has 3 rings (SSSR count). The number of benzene rings is 2. The van der Waals surface area contributed by atoms with E-state index in [1.165, 1.54) is 0 Å². The van der Waals surface area contributed by atoms with Crippen molar-refractivity contribution in [2.24, 2.45) is 0 Å². The fraction of sp³-hybridized carbons (Fsp3) is 0.235. The van der Waals surface area contributed by atoms with Crippen molar-refractivity contribution in [1.82, 2.24) is 0 Å². The molecule has 2 aromatic carbocycles. The lowest BCUT2D eigenvalue weighted by molar-refractivity contribution is -0.117. The second-order valence-corrected chi connectivity index (χ2v) is 5.59. The van der Waals surface area contributed by atoms with Crippen molar-refractivity contribution in [3.8, 4) is 0 Å². The van der Waals surface area contributed by atoms with Crippen molar-refractivity contribution in [2.45, 2.75) is 19.4 Å². The summed E-state index contributed by atoms with van der Waals surface area (Å²) < 4.78 is 0. The Kier molecular flexibility index (Phi) is 4.11. The number of nitrogens with one attached hydrogen (secondary N) is 1. The van der Waals surface area contributed by atoms with Gasteiger partial charge in [-0.1, -0.05) is 35.9 Å². The third-order valence-electron chi connectivity index (χ3n) is 3.64. The van der Waals surface area contributed by atoms with Gasteiger partial charge in [0.05, 0.1) is 11.4 Å². The number of amides is 1. The zero-order valence-electron chi connectivity index (χ0n) is 11.7. The van der Waals surface area contributed by atoms with Crippen LogP contribution < -0.4 is 10.2 Å². The van der Waals surface area contributed by atoms with Gasteiger partial charge in [0, 0.05) is 24.5 Å². The summed E-state index contributed by atoms with van der Waals surface area (Å²) in [4.78, 5) is 13.8. The Hall–Kier alpha value is -2.00. The van der Waals surface area contributed by atoms with Crippen LogP contribution in [0.25, 0.3) is 0 Å². The summed E-state index contributed by atoms with van der Waals surface area (Å²) in [6.45, 7) is 1.48. The minimum absolute atomic E-state index is 0.201. The highest BCUT2D eigenvalue weighted by Gasteiger charge is 2.23. The monoisotopic (exact) mass is 300 g/mol. The summed E-state index contributed by atoms with van der Waals surface area (Å²) in [6.07, 6.45) is 1.57. The second-order valence-electron chi connectivity index (χ2n) is 5.15. The number of hydrogen-bond donors (Lipinski definition) is 1. The minimum Gasteiger partial charge on any atom is -0.379 e. The topological polar surface area (TPSA) is 32.3 Å². The Balaban J connectivity index is 1.78. The van der Waals surface area contributed by atoms with E-state index in [1.54, 1.807) is 0 Å². The van der Waals surface area contributed by atoms with Crippen molar-refractivity contribution in [3.63, 3.8) is 0 Å². The highest BCUT2D eigenvalue weighted by atomic mass is 35.5. The zero-order valence-corrected chi connectivity index (χ0v) is 12.4. The van der Waals surface area contributed by atoms with Gasteiger partial charge in [-0.3, -0.25) is 4.79 Å². The van der Waals surface area contributed by atoms with Crippen LogP contribution in [0.5, 0.6) is 0 Å². The highest BCUT2D eigenvalue weighted by molar-refractivity contribution is 6.30. The number of rotatable bonds is 4. The van der Waals surface area contributed by atoms with Crippen molar-refractivity contribution in [2.75, 3.05) is 16.8 Å².